The highest BCUT2D eigenvalue weighted by Gasteiger charge is 2.57. The minimum atomic E-state index is -1.25. The largest absolute Gasteiger partial charge is 0.480 e. The van der Waals surface area contributed by atoms with E-state index in [1.54, 1.807) is 6.92 Å². The Labute approximate surface area is 75.7 Å². The topological polar surface area (TPSA) is 86.6 Å². The molecule has 74 valence electrons. The third kappa shape index (κ3) is 1.80. The van der Waals surface area contributed by atoms with E-state index in [0.29, 0.717) is 0 Å². The van der Waals surface area contributed by atoms with Crippen LogP contribution in [0.15, 0.2) is 0 Å². The number of carboxylic acid groups (broad SMARTS) is 1. The highest BCUT2D eigenvalue weighted by molar-refractivity contribution is 5.87. The smallest absolute Gasteiger partial charge is 0.329 e. The molecule has 5 heteroatoms. The number of carbonyl (C=O) groups excluding carboxylic acids is 1. The molecule has 3 N–H and O–H groups in total. The number of aliphatic hydroxyl groups is 1. The first-order chi connectivity index (χ1) is 5.77. The number of nitrogens with one attached hydrogen (secondary N) is 1. The molecule has 0 spiro atoms. The zero-order valence-electron chi connectivity index (χ0n) is 7.63. The Bertz CT molecular complexity index is 251. The molecule has 1 rings (SSSR count). The molecule has 0 radical (unpaired) electrons. The van der Waals surface area contributed by atoms with E-state index in [4.69, 9.17) is 5.11 Å². The van der Waals surface area contributed by atoms with Crippen LogP contribution in [0.1, 0.15) is 26.7 Å². The van der Waals surface area contributed by atoms with Gasteiger partial charge in [0.05, 0.1) is 5.60 Å². The molecule has 0 aromatic rings. The van der Waals surface area contributed by atoms with E-state index in [-0.39, 0.29) is 12.8 Å². The monoisotopic (exact) mass is 187 g/mol. The molecule has 0 aromatic heterocycles. The number of carboxylic acids is 1. The third-order valence-electron chi connectivity index (χ3n) is 2.19. The van der Waals surface area contributed by atoms with Crippen molar-refractivity contribution in [1.82, 2.24) is 5.32 Å². The number of carbonyl (C=O) groups is 2. The van der Waals surface area contributed by atoms with Gasteiger partial charge in [-0.3, -0.25) is 4.79 Å². The predicted molar refractivity (Wildman–Crippen MR) is 44.0 cm³/mol. The minimum Gasteiger partial charge on any atom is -0.480 e. The fraction of sp³-hybridized carbons (Fsp3) is 0.750. The van der Waals surface area contributed by atoms with Crippen LogP contribution in [-0.4, -0.2) is 33.2 Å². The van der Waals surface area contributed by atoms with E-state index in [1.165, 1.54) is 6.92 Å². The van der Waals surface area contributed by atoms with Crippen LogP contribution in [-0.2, 0) is 9.59 Å². The summed E-state index contributed by atoms with van der Waals surface area (Å²) in [4.78, 5) is 21.5. The lowest BCUT2D eigenvalue weighted by atomic mass is 9.65. The number of hydrogen-bond donors (Lipinski definition) is 3. The molecule has 1 fully saturated rings. The molecule has 0 unspecified atom stereocenters. The zero-order chi connectivity index (χ0) is 10.3. The second-order valence-corrected chi connectivity index (χ2v) is 3.92. The van der Waals surface area contributed by atoms with E-state index >= 15 is 0 Å². The lowest BCUT2D eigenvalue weighted by Gasteiger charge is -2.48. The van der Waals surface area contributed by atoms with Crippen molar-refractivity contribution < 1.29 is 19.8 Å². The van der Waals surface area contributed by atoms with Gasteiger partial charge in [0, 0.05) is 19.8 Å². The van der Waals surface area contributed by atoms with E-state index < -0.39 is 23.0 Å². The quantitative estimate of drug-likeness (QED) is 0.543. The second-order valence-electron chi connectivity index (χ2n) is 3.92. The molecular weight excluding hydrogens is 174 g/mol. The summed E-state index contributed by atoms with van der Waals surface area (Å²) in [6.07, 6.45) is 0.129. The number of amides is 1. The van der Waals surface area contributed by atoms with Gasteiger partial charge < -0.3 is 15.5 Å². The van der Waals surface area contributed by atoms with Crippen molar-refractivity contribution in [1.29, 1.82) is 0 Å². The van der Waals surface area contributed by atoms with E-state index in [0.717, 1.165) is 0 Å². The molecule has 0 saturated heterocycles. The van der Waals surface area contributed by atoms with Gasteiger partial charge in [0.25, 0.3) is 0 Å². The predicted octanol–water partition coefficient (Wildman–Crippen LogP) is -0.509. The van der Waals surface area contributed by atoms with Gasteiger partial charge in [0.2, 0.25) is 5.91 Å². The summed E-state index contributed by atoms with van der Waals surface area (Å²) in [5, 5.41) is 20.6. The molecule has 0 aliphatic heterocycles. The van der Waals surface area contributed by atoms with Gasteiger partial charge in [-0.2, -0.15) is 0 Å². The van der Waals surface area contributed by atoms with E-state index in [9.17, 15) is 14.7 Å². The maximum atomic E-state index is 10.8. The molecule has 0 atom stereocenters. The van der Waals surface area contributed by atoms with Crippen molar-refractivity contribution in [3.05, 3.63) is 0 Å². The Morgan fingerprint density at radius 1 is 1.38 bits per heavy atom. The number of rotatable bonds is 2. The SMILES string of the molecule is CC(=O)NC1(C(=O)O)CC(C)(O)C1. The van der Waals surface area contributed by atoms with Crippen molar-refractivity contribution >= 4 is 11.9 Å². The normalized spacial score (nSPS) is 37.8. The van der Waals surface area contributed by atoms with Crippen LogP contribution < -0.4 is 5.32 Å². The summed E-state index contributed by atoms with van der Waals surface area (Å²) in [5.74, 6) is -1.48. The molecule has 0 bridgehead atoms. The Hall–Kier alpha value is -1.10. The summed E-state index contributed by atoms with van der Waals surface area (Å²) in [6, 6.07) is 0. The Morgan fingerprint density at radius 3 is 2.08 bits per heavy atom. The van der Waals surface area contributed by atoms with Crippen LogP contribution in [0.4, 0.5) is 0 Å². The van der Waals surface area contributed by atoms with Gasteiger partial charge >= 0.3 is 5.97 Å². The molecule has 0 aromatic carbocycles. The second kappa shape index (κ2) is 2.70. The Kier molecular flexibility index (Phi) is 2.07. The lowest BCUT2D eigenvalue weighted by Crippen LogP contribution is -2.68. The molecule has 5 nitrogen and oxygen atoms in total. The summed E-state index contributed by atoms with van der Waals surface area (Å²) in [5.41, 5.74) is -2.23. The maximum Gasteiger partial charge on any atom is 0.329 e. The lowest BCUT2D eigenvalue weighted by molar-refractivity contribution is -0.167. The highest BCUT2D eigenvalue weighted by Crippen LogP contribution is 2.41. The molecule has 1 amide bonds. The molecule has 1 aliphatic carbocycles. The third-order valence-corrected chi connectivity index (χ3v) is 2.19. The summed E-state index contributed by atoms with van der Waals surface area (Å²) in [6.45, 7) is 2.81. The molecule has 13 heavy (non-hydrogen) atoms. The summed E-state index contributed by atoms with van der Waals surface area (Å²) < 4.78 is 0. The van der Waals surface area contributed by atoms with Crippen LogP contribution in [0, 0.1) is 0 Å². The first-order valence-corrected chi connectivity index (χ1v) is 4.02. The van der Waals surface area contributed by atoms with Gasteiger partial charge in [-0.15, -0.1) is 0 Å². The molecule has 0 heterocycles. The first-order valence-electron chi connectivity index (χ1n) is 4.02. The minimum absolute atomic E-state index is 0.0644. The van der Waals surface area contributed by atoms with Crippen LogP contribution in [0.3, 0.4) is 0 Å². The van der Waals surface area contributed by atoms with Gasteiger partial charge in [-0.25, -0.2) is 4.79 Å². The Balaban J connectivity index is 2.71. The summed E-state index contributed by atoms with van der Waals surface area (Å²) >= 11 is 0. The van der Waals surface area contributed by atoms with Gasteiger partial charge in [-0.05, 0) is 6.92 Å². The fourth-order valence-electron chi connectivity index (χ4n) is 1.88. The van der Waals surface area contributed by atoms with Crippen molar-refractivity contribution in [3.63, 3.8) is 0 Å². The van der Waals surface area contributed by atoms with Gasteiger partial charge in [0.1, 0.15) is 5.54 Å². The van der Waals surface area contributed by atoms with Crippen LogP contribution in [0.2, 0.25) is 0 Å². The summed E-state index contributed by atoms with van der Waals surface area (Å²) in [7, 11) is 0. The van der Waals surface area contributed by atoms with Gasteiger partial charge in [0.15, 0.2) is 0 Å². The van der Waals surface area contributed by atoms with Crippen molar-refractivity contribution in [3.8, 4) is 0 Å². The van der Waals surface area contributed by atoms with Crippen LogP contribution in [0.5, 0.6) is 0 Å². The molecule has 1 saturated carbocycles. The zero-order valence-corrected chi connectivity index (χ0v) is 7.63. The first kappa shape index (κ1) is 9.98. The van der Waals surface area contributed by atoms with Crippen molar-refractivity contribution in [2.75, 3.05) is 0 Å². The maximum absolute atomic E-state index is 10.8. The average molecular weight is 187 g/mol. The molecular formula is C8H13NO4. The highest BCUT2D eigenvalue weighted by atomic mass is 16.4. The van der Waals surface area contributed by atoms with E-state index in [1.807, 2.05) is 0 Å². The van der Waals surface area contributed by atoms with Crippen molar-refractivity contribution in [2.24, 2.45) is 0 Å². The van der Waals surface area contributed by atoms with Crippen molar-refractivity contribution in [2.45, 2.75) is 37.8 Å². The standard InChI is InChI=1S/C8H13NO4/c1-5(10)9-8(6(11)12)3-7(2,13)4-8/h13H,3-4H2,1-2H3,(H,9,10)(H,11,12). The van der Waals surface area contributed by atoms with E-state index in [2.05, 4.69) is 5.32 Å². The van der Waals surface area contributed by atoms with Crippen LogP contribution in [0.25, 0.3) is 0 Å². The fourth-order valence-corrected chi connectivity index (χ4v) is 1.88. The van der Waals surface area contributed by atoms with Crippen LogP contribution >= 0.6 is 0 Å². The number of aliphatic carboxylic acids is 1. The van der Waals surface area contributed by atoms with Gasteiger partial charge in [-0.1, -0.05) is 0 Å². The molecule has 1 aliphatic rings. The average Bonchev–Trinajstić information content (AvgIpc) is 1.80. The Morgan fingerprint density at radius 2 is 1.85 bits per heavy atom. The number of hydrogen-bond acceptors (Lipinski definition) is 3.